The van der Waals surface area contributed by atoms with E-state index in [1.807, 2.05) is 23.0 Å². The fourth-order valence-electron chi connectivity index (χ4n) is 2.87. The molecule has 3 heterocycles. The van der Waals surface area contributed by atoms with Crippen molar-refractivity contribution in [3.8, 4) is 11.4 Å². The summed E-state index contributed by atoms with van der Waals surface area (Å²) in [6.45, 7) is 6.10. The van der Waals surface area contributed by atoms with Gasteiger partial charge in [-0.05, 0) is 18.6 Å². The molecule has 0 spiro atoms. The summed E-state index contributed by atoms with van der Waals surface area (Å²) in [6.07, 6.45) is 4.09. The number of aryl methyl sites for hydroxylation is 1. The van der Waals surface area contributed by atoms with Gasteiger partial charge in [0.15, 0.2) is 11.6 Å². The lowest BCUT2D eigenvalue weighted by Crippen LogP contribution is -2.36. The van der Waals surface area contributed by atoms with E-state index in [-0.39, 0.29) is 12.3 Å². The van der Waals surface area contributed by atoms with E-state index in [0.717, 1.165) is 62.9 Å². The monoisotopic (exact) mass is 358 g/mol. The maximum Gasteiger partial charge on any atom is 0.227 e. The Hall–Kier alpha value is -2.48. The molecule has 1 fully saturated rings. The van der Waals surface area contributed by atoms with Crippen molar-refractivity contribution in [1.82, 2.24) is 25.1 Å². The Balaban J connectivity index is 1.82. The molecule has 0 atom stereocenters. The topological polar surface area (TPSA) is 85.2 Å². The van der Waals surface area contributed by atoms with Crippen LogP contribution in [0.15, 0.2) is 18.3 Å². The van der Waals surface area contributed by atoms with Gasteiger partial charge in [0.25, 0.3) is 0 Å². The van der Waals surface area contributed by atoms with Crippen LogP contribution in [0, 0.1) is 0 Å². The molecular weight excluding hydrogens is 332 g/mol. The summed E-state index contributed by atoms with van der Waals surface area (Å²) in [6, 6.07) is 4.03. The highest BCUT2D eigenvalue weighted by Gasteiger charge is 2.16. The number of nitrogens with one attached hydrogen (secondary N) is 1. The van der Waals surface area contributed by atoms with Gasteiger partial charge in [-0.1, -0.05) is 13.3 Å². The molecule has 2 aromatic rings. The maximum atomic E-state index is 11.6. The van der Waals surface area contributed by atoms with E-state index in [9.17, 15) is 4.79 Å². The fraction of sp³-hybridized carbons (Fsp3) is 0.556. The third kappa shape index (κ3) is 4.37. The summed E-state index contributed by atoms with van der Waals surface area (Å²) < 4.78 is 7.27. The van der Waals surface area contributed by atoms with Gasteiger partial charge in [0.1, 0.15) is 5.82 Å². The molecule has 1 N–H and O–H groups in total. The molecule has 0 saturated carbocycles. The van der Waals surface area contributed by atoms with Crippen LogP contribution in [0.5, 0.6) is 0 Å². The van der Waals surface area contributed by atoms with E-state index in [4.69, 9.17) is 4.74 Å². The smallest absolute Gasteiger partial charge is 0.227 e. The highest BCUT2D eigenvalue weighted by Crippen LogP contribution is 2.21. The fourth-order valence-corrected chi connectivity index (χ4v) is 2.87. The molecule has 0 radical (unpaired) electrons. The molecule has 26 heavy (non-hydrogen) atoms. The minimum absolute atomic E-state index is 0.0926. The van der Waals surface area contributed by atoms with Crippen molar-refractivity contribution < 1.29 is 9.53 Å². The summed E-state index contributed by atoms with van der Waals surface area (Å²) in [4.78, 5) is 23.0. The van der Waals surface area contributed by atoms with Gasteiger partial charge in [-0.25, -0.2) is 14.6 Å². The van der Waals surface area contributed by atoms with Gasteiger partial charge in [0.2, 0.25) is 5.91 Å². The average Bonchev–Trinajstić information content (AvgIpc) is 3.09. The number of hydrogen-bond donors (Lipinski definition) is 1. The van der Waals surface area contributed by atoms with Crippen molar-refractivity contribution in [2.75, 3.05) is 38.3 Å². The van der Waals surface area contributed by atoms with Crippen molar-refractivity contribution >= 4 is 11.7 Å². The number of amides is 1. The lowest BCUT2D eigenvalue weighted by atomic mass is 10.2. The molecule has 1 saturated heterocycles. The Kier molecular flexibility index (Phi) is 6.17. The molecule has 3 rings (SSSR count). The van der Waals surface area contributed by atoms with Gasteiger partial charge in [-0.2, -0.15) is 5.10 Å². The molecule has 2 aromatic heterocycles. The van der Waals surface area contributed by atoms with E-state index in [0.29, 0.717) is 5.82 Å². The van der Waals surface area contributed by atoms with Crippen LogP contribution in [0.3, 0.4) is 0 Å². The van der Waals surface area contributed by atoms with Gasteiger partial charge in [0, 0.05) is 38.4 Å². The lowest BCUT2D eigenvalue weighted by Gasteiger charge is -2.27. The summed E-state index contributed by atoms with van der Waals surface area (Å²) in [5.74, 6) is 2.15. The molecule has 0 aliphatic carbocycles. The number of unbranched alkanes of at least 4 members (excludes halogenated alkanes) is 1. The van der Waals surface area contributed by atoms with Crippen LogP contribution in [-0.2, 0) is 22.5 Å². The number of morpholine rings is 1. The minimum atomic E-state index is -0.0926. The summed E-state index contributed by atoms with van der Waals surface area (Å²) in [5.41, 5.74) is 0.911. The van der Waals surface area contributed by atoms with Gasteiger partial charge in [0.05, 0.1) is 19.6 Å². The van der Waals surface area contributed by atoms with E-state index in [1.54, 1.807) is 7.05 Å². The molecular formula is C18H26N6O2. The second kappa shape index (κ2) is 8.75. The second-order valence-corrected chi connectivity index (χ2v) is 6.28. The third-order valence-electron chi connectivity index (χ3n) is 4.38. The standard InChI is InChI=1S/C18H26N6O2/c1-3-4-7-24-18(21-15(22-24)12-17(25)19-2)14-5-6-16(20-13-14)23-8-10-26-11-9-23/h5-6,13H,3-4,7-12H2,1-2H3,(H,19,25). The summed E-state index contributed by atoms with van der Waals surface area (Å²) in [7, 11) is 1.62. The van der Waals surface area contributed by atoms with Crippen molar-refractivity contribution in [3.05, 3.63) is 24.2 Å². The van der Waals surface area contributed by atoms with Crippen molar-refractivity contribution in [1.29, 1.82) is 0 Å². The number of carbonyl (C=O) groups excluding carboxylic acids is 1. The predicted octanol–water partition coefficient (Wildman–Crippen LogP) is 1.27. The largest absolute Gasteiger partial charge is 0.378 e. The number of anilines is 1. The Morgan fingerprint density at radius 3 is 2.77 bits per heavy atom. The zero-order valence-electron chi connectivity index (χ0n) is 15.4. The zero-order chi connectivity index (χ0) is 18.4. The molecule has 8 heteroatoms. The molecule has 0 unspecified atom stereocenters. The number of aromatic nitrogens is 4. The maximum absolute atomic E-state index is 11.6. The number of pyridine rings is 1. The van der Waals surface area contributed by atoms with Crippen LogP contribution >= 0.6 is 0 Å². The van der Waals surface area contributed by atoms with Gasteiger partial charge >= 0.3 is 0 Å². The van der Waals surface area contributed by atoms with Crippen molar-refractivity contribution in [2.24, 2.45) is 0 Å². The van der Waals surface area contributed by atoms with Crippen LogP contribution in [0.2, 0.25) is 0 Å². The molecule has 0 bridgehead atoms. The Morgan fingerprint density at radius 1 is 1.31 bits per heavy atom. The molecule has 1 aliphatic rings. The first-order valence-electron chi connectivity index (χ1n) is 9.14. The Labute approximate surface area is 153 Å². The summed E-state index contributed by atoms with van der Waals surface area (Å²) in [5, 5.41) is 7.13. The molecule has 1 aliphatic heterocycles. The van der Waals surface area contributed by atoms with Crippen molar-refractivity contribution in [2.45, 2.75) is 32.7 Å². The normalized spacial score (nSPS) is 14.5. The Bertz CT molecular complexity index is 722. The quantitative estimate of drug-likeness (QED) is 0.802. The average molecular weight is 358 g/mol. The first kappa shape index (κ1) is 18.3. The molecule has 1 amide bonds. The van der Waals surface area contributed by atoms with E-state index >= 15 is 0 Å². The number of rotatable bonds is 7. The van der Waals surface area contributed by atoms with Crippen LogP contribution in [0.1, 0.15) is 25.6 Å². The van der Waals surface area contributed by atoms with Gasteiger partial charge < -0.3 is 15.0 Å². The molecule has 140 valence electrons. The second-order valence-electron chi connectivity index (χ2n) is 6.28. The summed E-state index contributed by atoms with van der Waals surface area (Å²) >= 11 is 0. The van der Waals surface area contributed by atoms with Crippen LogP contribution in [0.25, 0.3) is 11.4 Å². The van der Waals surface area contributed by atoms with Gasteiger partial charge in [-0.3, -0.25) is 4.79 Å². The highest BCUT2D eigenvalue weighted by atomic mass is 16.5. The number of hydrogen-bond acceptors (Lipinski definition) is 6. The SMILES string of the molecule is CCCCn1nc(CC(=O)NC)nc1-c1ccc(N2CCOCC2)nc1. The molecule has 0 aromatic carbocycles. The predicted molar refractivity (Wildman–Crippen MR) is 99.0 cm³/mol. The van der Waals surface area contributed by atoms with E-state index in [1.165, 1.54) is 0 Å². The number of ether oxygens (including phenoxy) is 1. The minimum Gasteiger partial charge on any atom is -0.378 e. The molecule has 8 nitrogen and oxygen atoms in total. The third-order valence-corrected chi connectivity index (χ3v) is 4.38. The van der Waals surface area contributed by atoms with E-state index in [2.05, 4.69) is 32.2 Å². The zero-order valence-corrected chi connectivity index (χ0v) is 15.4. The first-order chi connectivity index (χ1) is 12.7. The number of nitrogens with zero attached hydrogens (tertiary/aromatic N) is 5. The number of carbonyl (C=O) groups is 1. The van der Waals surface area contributed by atoms with Crippen molar-refractivity contribution in [3.63, 3.8) is 0 Å². The highest BCUT2D eigenvalue weighted by molar-refractivity contribution is 5.77. The van der Waals surface area contributed by atoms with E-state index < -0.39 is 0 Å². The first-order valence-corrected chi connectivity index (χ1v) is 9.14. The lowest BCUT2D eigenvalue weighted by molar-refractivity contribution is -0.120. The Morgan fingerprint density at radius 2 is 2.12 bits per heavy atom. The number of likely N-dealkylation sites (N-methyl/N-ethyl adjacent to an activating group) is 1. The van der Waals surface area contributed by atoms with Crippen LogP contribution in [-0.4, -0.2) is 59.0 Å². The van der Waals surface area contributed by atoms with Crippen LogP contribution < -0.4 is 10.2 Å². The van der Waals surface area contributed by atoms with Crippen LogP contribution in [0.4, 0.5) is 5.82 Å². The van der Waals surface area contributed by atoms with Gasteiger partial charge in [-0.15, -0.1) is 0 Å².